The zero-order valence-corrected chi connectivity index (χ0v) is 13.1. The van der Waals surface area contributed by atoms with Gasteiger partial charge in [-0.05, 0) is 39.0 Å². The van der Waals surface area contributed by atoms with E-state index in [-0.39, 0.29) is 23.4 Å². The average Bonchev–Trinajstić information content (AvgIpc) is 2.91. The standard InChI is InChI=1S/C16H26N2O3/c1-11-14(19)17-13(12-6-4-3-5-7-12)15(20)18(11)16(2)8-9-21-10-16/h11-13H,3-10H2,1-2H3,(H,17,19). The minimum Gasteiger partial charge on any atom is -0.379 e. The van der Waals surface area contributed by atoms with Gasteiger partial charge in [-0.15, -0.1) is 0 Å². The second-order valence-electron chi connectivity index (χ2n) is 7.07. The Bertz CT molecular complexity index is 425. The van der Waals surface area contributed by atoms with E-state index in [0.29, 0.717) is 19.1 Å². The van der Waals surface area contributed by atoms with Crippen molar-refractivity contribution in [1.82, 2.24) is 10.2 Å². The van der Waals surface area contributed by atoms with Crippen LogP contribution in [0.3, 0.4) is 0 Å². The van der Waals surface area contributed by atoms with Crippen molar-refractivity contribution in [3.8, 4) is 0 Å². The van der Waals surface area contributed by atoms with Crippen LogP contribution >= 0.6 is 0 Å². The molecular formula is C16H26N2O3. The van der Waals surface area contributed by atoms with Crippen LogP contribution in [0.1, 0.15) is 52.4 Å². The minimum atomic E-state index is -0.399. The molecular weight excluding hydrogens is 268 g/mol. The van der Waals surface area contributed by atoms with Crippen molar-refractivity contribution >= 4 is 11.8 Å². The van der Waals surface area contributed by atoms with Crippen molar-refractivity contribution in [2.75, 3.05) is 13.2 Å². The number of amides is 2. The van der Waals surface area contributed by atoms with Crippen molar-refractivity contribution in [3.05, 3.63) is 0 Å². The summed E-state index contributed by atoms with van der Waals surface area (Å²) in [5.41, 5.74) is -0.332. The van der Waals surface area contributed by atoms with Crippen molar-refractivity contribution in [2.45, 2.75) is 70.0 Å². The predicted octanol–water partition coefficient (Wildman–Crippen LogP) is 1.46. The Morgan fingerprint density at radius 2 is 1.95 bits per heavy atom. The smallest absolute Gasteiger partial charge is 0.246 e. The first-order chi connectivity index (χ1) is 10.0. The Hall–Kier alpha value is -1.10. The van der Waals surface area contributed by atoms with E-state index in [0.717, 1.165) is 19.3 Å². The van der Waals surface area contributed by atoms with Gasteiger partial charge in [-0.1, -0.05) is 19.3 Å². The molecule has 3 aliphatic rings. The molecule has 5 heteroatoms. The number of rotatable bonds is 2. The molecule has 118 valence electrons. The van der Waals surface area contributed by atoms with Crippen LogP contribution in [0.15, 0.2) is 0 Å². The first kappa shape index (κ1) is 14.8. The van der Waals surface area contributed by atoms with Crippen LogP contribution in [-0.4, -0.2) is 47.6 Å². The number of nitrogens with zero attached hydrogens (tertiary/aromatic N) is 1. The molecule has 2 amide bonds. The quantitative estimate of drug-likeness (QED) is 0.839. The van der Waals surface area contributed by atoms with Gasteiger partial charge in [-0.25, -0.2) is 0 Å². The molecule has 0 spiro atoms. The zero-order valence-electron chi connectivity index (χ0n) is 13.1. The van der Waals surface area contributed by atoms with Crippen LogP contribution in [0.25, 0.3) is 0 Å². The predicted molar refractivity (Wildman–Crippen MR) is 78.7 cm³/mol. The monoisotopic (exact) mass is 294 g/mol. The normalized spacial score (nSPS) is 38.7. The van der Waals surface area contributed by atoms with E-state index in [1.807, 2.05) is 18.7 Å². The lowest BCUT2D eigenvalue weighted by atomic mass is 9.81. The number of nitrogens with one attached hydrogen (secondary N) is 1. The Kier molecular flexibility index (Phi) is 3.95. The zero-order chi connectivity index (χ0) is 15.0. The van der Waals surface area contributed by atoms with Gasteiger partial charge in [0.05, 0.1) is 12.1 Å². The number of carbonyl (C=O) groups is 2. The molecule has 0 aromatic heterocycles. The second kappa shape index (κ2) is 5.59. The van der Waals surface area contributed by atoms with Crippen LogP contribution in [0.4, 0.5) is 0 Å². The largest absolute Gasteiger partial charge is 0.379 e. The van der Waals surface area contributed by atoms with Crippen LogP contribution in [-0.2, 0) is 14.3 Å². The Morgan fingerprint density at radius 3 is 2.57 bits per heavy atom. The molecule has 2 aliphatic heterocycles. The summed E-state index contributed by atoms with van der Waals surface area (Å²) in [6, 6.07) is -0.726. The fraction of sp³-hybridized carbons (Fsp3) is 0.875. The molecule has 3 fully saturated rings. The molecule has 0 aromatic rings. The summed E-state index contributed by atoms with van der Waals surface area (Å²) in [6.45, 7) is 5.08. The molecule has 2 saturated heterocycles. The van der Waals surface area contributed by atoms with E-state index >= 15 is 0 Å². The van der Waals surface area contributed by atoms with Crippen LogP contribution in [0, 0.1) is 5.92 Å². The van der Waals surface area contributed by atoms with Crippen molar-refractivity contribution in [1.29, 1.82) is 0 Å². The highest BCUT2D eigenvalue weighted by atomic mass is 16.5. The van der Waals surface area contributed by atoms with Crippen LogP contribution in [0.5, 0.6) is 0 Å². The van der Waals surface area contributed by atoms with E-state index < -0.39 is 6.04 Å². The Balaban J connectivity index is 1.84. The molecule has 3 unspecified atom stereocenters. The highest BCUT2D eigenvalue weighted by Crippen LogP contribution is 2.34. The SMILES string of the molecule is CC1C(=O)NC(C2CCCCC2)C(=O)N1C1(C)CCOC1. The maximum absolute atomic E-state index is 13.0. The Labute approximate surface area is 126 Å². The molecule has 3 atom stereocenters. The number of hydrogen-bond donors (Lipinski definition) is 1. The first-order valence-electron chi connectivity index (χ1n) is 8.24. The molecule has 1 aliphatic carbocycles. The maximum Gasteiger partial charge on any atom is 0.246 e. The van der Waals surface area contributed by atoms with E-state index in [1.165, 1.54) is 19.3 Å². The van der Waals surface area contributed by atoms with Crippen molar-refractivity contribution < 1.29 is 14.3 Å². The van der Waals surface area contributed by atoms with Gasteiger partial charge in [0.25, 0.3) is 0 Å². The third-order valence-corrected chi connectivity index (χ3v) is 5.47. The molecule has 0 bridgehead atoms. The summed E-state index contributed by atoms with van der Waals surface area (Å²) in [5.74, 6) is 0.386. The molecule has 2 heterocycles. The molecule has 3 rings (SSSR count). The lowest BCUT2D eigenvalue weighted by Gasteiger charge is -2.48. The van der Waals surface area contributed by atoms with E-state index in [2.05, 4.69) is 5.32 Å². The lowest BCUT2D eigenvalue weighted by Crippen LogP contribution is -2.69. The molecule has 5 nitrogen and oxygen atoms in total. The molecule has 21 heavy (non-hydrogen) atoms. The highest BCUT2D eigenvalue weighted by Gasteiger charge is 2.50. The fourth-order valence-corrected chi connectivity index (χ4v) is 4.16. The number of hydrogen-bond acceptors (Lipinski definition) is 3. The van der Waals surface area contributed by atoms with Gasteiger partial charge in [0.15, 0.2) is 0 Å². The number of piperazine rings is 1. The van der Waals surface area contributed by atoms with Crippen LogP contribution < -0.4 is 5.32 Å². The second-order valence-corrected chi connectivity index (χ2v) is 7.07. The average molecular weight is 294 g/mol. The third-order valence-electron chi connectivity index (χ3n) is 5.47. The summed E-state index contributed by atoms with van der Waals surface area (Å²) in [7, 11) is 0. The number of ether oxygens (including phenoxy) is 1. The molecule has 1 N–H and O–H groups in total. The van der Waals surface area contributed by atoms with Gasteiger partial charge in [0.2, 0.25) is 11.8 Å². The van der Waals surface area contributed by atoms with Gasteiger partial charge in [0.1, 0.15) is 12.1 Å². The summed E-state index contributed by atoms with van der Waals surface area (Å²) in [4.78, 5) is 27.2. The van der Waals surface area contributed by atoms with E-state index in [1.54, 1.807) is 0 Å². The Morgan fingerprint density at radius 1 is 1.24 bits per heavy atom. The lowest BCUT2D eigenvalue weighted by molar-refractivity contribution is -0.157. The van der Waals surface area contributed by atoms with Gasteiger partial charge in [0, 0.05) is 6.61 Å². The first-order valence-corrected chi connectivity index (χ1v) is 8.24. The fourth-order valence-electron chi connectivity index (χ4n) is 4.16. The number of carbonyl (C=O) groups excluding carboxylic acids is 2. The highest BCUT2D eigenvalue weighted by molar-refractivity contribution is 5.97. The van der Waals surface area contributed by atoms with Gasteiger partial charge < -0.3 is 15.0 Å². The molecule has 0 aromatic carbocycles. The van der Waals surface area contributed by atoms with E-state index in [4.69, 9.17) is 4.74 Å². The van der Waals surface area contributed by atoms with E-state index in [9.17, 15) is 9.59 Å². The van der Waals surface area contributed by atoms with Crippen LogP contribution in [0.2, 0.25) is 0 Å². The minimum absolute atomic E-state index is 0.0155. The maximum atomic E-state index is 13.0. The summed E-state index contributed by atoms with van der Waals surface area (Å²) in [6.07, 6.45) is 6.49. The topological polar surface area (TPSA) is 58.6 Å². The summed E-state index contributed by atoms with van der Waals surface area (Å²) >= 11 is 0. The summed E-state index contributed by atoms with van der Waals surface area (Å²) in [5, 5.41) is 2.99. The van der Waals surface area contributed by atoms with Crippen molar-refractivity contribution in [3.63, 3.8) is 0 Å². The van der Waals surface area contributed by atoms with Gasteiger partial charge in [-0.2, -0.15) is 0 Å². The molecule has 0 radical (unpaired) electrons. The van der Waals surface area contributed by atoms with Crippen molar-refractivity contribution in [2.24, 2.45) is 5.92 Å². The van der Waals surface area contributed by atoms with Gasteiger partial charge >= 0.3 is 0 Å². The molecule has 1 saturated carbocycles. The summed E-state index contributed by atoms with van der Waals surface area (Å²) < 4.78 is 5.50. The third kappa shape index (κ3) is 2.56. The van der Waals surface area contributed by atoms with Gasteiger partial charge in [-0.3, -0.25) is 9.59 Å².